The zero-order chi connectivity index (χ0) is 16.4. The predicted octanol–water partition coefficient (Wildman–Crippen LogP) is 1.32. The number of nitrogens with one attached hydrogen (secondary N) is 1. The minimum atomic E-state index is -3.52. The van der Waals surface area contributed by atoms with Crippen molar-refractivity contribution in [3.8, 4) is 0 Å². The fraction of sp³-hybridized carbons (Fsp3) is 0.467. The lowest BCUT2D eigenvalue weighted by Crippen LogP contribution is -2.35. The molecule has 1 saturated heterocycles. The first-order valence-corrected chi connectivity index (χ1v) is 9.12. The second-order valence-corrected chi connectivity index (χ2v) is 7.57. The Labute approximate surface area is 136 Å². The van der Waals surface area contributed by atoms with Crippen molar-refractivity contribution in [2.45, 2.75) is 25.2 Å². The highest BCUT2D eigenvalue weighted by molar-refractivity contribution is 7.89. The summed E-state index contributed by atoms with van der Waals surface area (Å²) in [6, 6.07) is 5.77. The van der Waals surface area contributed by atoms with E-state index in [0.717, 1.165) is 18.8 Å². The number of pyridine rings is 1. The Morgan fingerprint density at radius 1 is 1.13 bits per heavy atom. The summed E-state index contributed by atoms with van der Waals surface area (Å²) >= 11 is 0. The van der Waals surface area contributed by atoms with Gasteiger partial charge in [0.25, 0.3) is 0 Å². The van der Waals surface area contributed by atoms with E-state index < -0.39 is 10.0 Å². The van der Waals surface area contributed by atoms with Crippen molar-refractivity contribution in [2.75, 3.05) is 31.1 Å². The molecule has 0 aliphatic carbocycles. The van der Waals surface area contributed by atoms with Crippen LogP contribution in [0.15, 0.2) is 29.3 Å². The summed E-state index contributed by atoms with van der Waals surface area (Å²) in [6.45, 7) is 5.84. The standard InChI is InChI=1S/C15H21N5O2S/c1-12-15(13(2)18-17-12)23(21,22)20-9-5-8-19(10-11-20)14-6-3-4-7-16-14/h3-4,6-7H,5,8-11H2,1-2H3,(H,17,18). The summed E-state index contributed by atoms with van der Waals surface area (Å²) in [5.74, 6) is 0.891. The van der Waals surface area contributed by atoms with Gasteiger partial charge >= 0.3 is 0 Å². The summed E-state index contributed by atoms with van der Waals surface area (Å²) in [5, 5.41) is 6.77. The summed E-state index contributed by atoms with van der Waals surface area (Å²) in [6.07, 6.45) is 2.53. The maximum Gasteiger partial charge on any atom is 0.246 e. The Bertz CT molecular complexity index is 753. The Morgan fingerprint density at radius 2 is 1.96 bits per heavy atom. The van der Waals surface area contributed by atoms with Crippen LogP contribution in [0.3, 0.4) is 0 Å². The van der Waals surface area contributed by atoms with Gasteiger partial charge < -0.3 is 4.90 Å². The number of hydrogen-bond donors (Lipinski definition) is 1. The molecule has 3 heterocycles. The van der Waals surface area contributed by atoms with Gasteiger partial charge in [0.05, 0.1) is 11.4 Å². The summed E-state index contributed by atoms with van der Waals surface area (Å²) < 4.78 is 27.4. The number of sulfonamides is 1. The molecule has 1 N–H and O–H groups in total. The zero-order valence-corrected chi connectivity index (χ0v) is 14.2. The molecule has 0 bridgehead atoms. The van der Waals surface area contributed by atoms with Crippen LogP contribution in [0.1, 0.15) is 17.8 Å². The molecular weight excluding hydrogens is 314 g/mol. The highest BCUT2D eigenvalue weighted by Crippen LogP contribution is 2.23. The number of aromatic nitrogens is 3. The van der Waals surface area contributed by atoms with E-state index in [9.17, 15) is 8.42 Å². The Morgan fingerprint density at radius 3 is 2.61 bits per heavy atom. The molecule has 0 amide bonds. The molecule has 1 aliphatic rings. The monoisotopic (exact) mass is 335 g/mol. The van der Waals surface area contributed by atoms with Crippen LogP contribution in [-0.4, -0.2) is 54.1 Å². The second kappa shape index (κ2) is 6.29. The van der Waals surface area contributed by atoms with Gasteiger partial charge in [0.2, 0.25) is 10.0 Å². The molecule has 0 aromatic carbocycles. The molecule has 3 rings (SSSR count). The lowest BCUT2D eigenvalue weighted by molar-refractivity contribution is 0.432. The highest BCUT2D eigenvalue weighted by Gasteiger charge is 2.31. The van der Waals surface area contributed by atoms with Gasteiger partial charge in [-0.05, 0) is 32.4 Å². The normalized spacial score (nSPS) is 17.2. The quantitative estimate of drug-likeness (QED) is 0.915. The number of aryl methyl sites for hydroxylation is 2. The number of H-pyrrole nitrogens is 1. The zero-order valence-electron chi connectivity index (χ0n) is 13.4. The minimum absolute atomic E-state index is 0.309. The van der Waals surface area contributed by atoms with Crippen molar-refractivity contribution >= 4 is 15.8 Å². The largest absolute Gasteiger partial charge is 0.355 e. The van der Waals surface area contributed by atoms with Gasteiger partial charge in [0, 0.05) is 32.4 Å². The van der Waals surface area contributed by atoms with Crippen molar-refractivity contribution in [1.82, 2.24) is 19.5 Å². The summed E-state index contributed by atoms with van der Waals surface area (Å²) in [5.41, 5.74) is 1.11. The van der Waals surface area contributed by atoms with Crippen LogP contribution >= 0.6 is 0 Å². The number of hydrogen-bond acceptors (Lipinski definition) is 5. The van der Waals surface area contributed by atoms with E-state index in [-0.39, 0.29) is 0 Å². The molecule has 0 saturated carbocycles. The van der Waals surface area contributed by atoms with E-state index >= 15 is 0 Å². The van der Waals surface area contributed by atoms with Crippen LogP contribution in [0.2, 0.25) is 0 Å². The third-order valence-electron chi connectivity index (χ3n) is 4.09. The topological polar surface area (TPSA) is 82.2 Å². The van der Waals surface area contributed by atoms with Crippen molar-refractivity contribution in [3.63, 3.8) is 0 Å². The van der Waals surface area contributed by atoms with E-state index in [2.05, 4.69) is 20.1 Å². The van der Waals surface area contributed by atoms with Crippen molar-refractivity contribution < 1.29 is 8.42 Å². The lowest BCUT2D eigenvalue weighted by atomic mass is 10.3. The molecule has 0 radical (unpaired) electrons. The molecule has 23 heavy (non-hydrogen) atoms. The Kier molecular flexibility index (Phi) is 4.36. The van der Waals surface area contributed by atoms with Gasteiger partial charge in [-0.1, -0.05) is 6.07 Å². The minimum Gasteiger partial charge on any atom is -0.355 e. The molecule has 8 heteroatoms. The van der Waals surface area contributed by atoms with E-state index in [1.165, 1.54) is 0 Å². The van der Waals surface area contributed by atoms with Crippen LogP contribution < -0.4 is 4.90 Å². The number of nitrogens with zero attached hydrogens (tertiary/aromatic N) is 4. The second-order valence-electron chi connectivity index (χ2n) is 5.70. The first kappa shape index (κ1) is 15.9. The molecule has 124 valence electrons. The maximum atomic E-state index is 12.9. The Balaban J connectivity index is 1.80. The summed E-state index contributed by atoms with van der Waals surface area (Å²) in [4.78, 5) is 6.79. The fourth-order valence-electron chi connectivity index (χ4n) is 2.95. The third kappa shape index (κ3) is 3.09. The average molecular weight is 335 g/mol. The summed E-state index contributed by atoms with van der Waals surface area (Å²) in [7, 11) is -3.52. The van der Waals surface area contributed by atoms with Crippen molar-refractivity contribution in [1.29, 1.82) is 0 Å². The third-order valence-corrected chi connectivity index (χ3v) is 6.25. The molecule has 0 atom stereocenters. The molecule has 2 aromatic heterocycles. The van der Waals surface area contributed by atoms with Gasteiger partial charge in [-0.25, -0.2) is 13.4 Å². The highest BCUT2D eigenvalue weighted by atomic mass is 32.2. The van der Waals surface area contributed by atoms with E-state index in [1.807, 2.05) is 18.2 Å². The molecule has 1 fully saturated rings. The molecule has 7 nitrogen and oxygen atoms in total. The van der Waals surface area contributed by atoms with Gasteiger partial charge in [-0.15, -0.1) is 0 Å². The van der Waals surface area contributed by atoms with Crippen LogP contribution in [0.5, 0.6) is 0 Å². The SMILES string of the molecule is Cc1n[nH]c(C)c1S(=O)(=O)N1CCCN(c2ccccn2)CC1. The molecule has 0 spiro atoms. The van der Waals surface area contributed by atoms with Crippen LogP contribution in [-0.2, 0) is 10.0 Å². The van der Waals surface area contributed by atoms with Crippen molar-refractivity contribution in [2.24, 2.45) is 0 Å². The van der Waals surface area contributed by atoms with Gasteiger partial charge in [-0.2, -0.15) is 9.40 Å². The van der Waals surface area contributed by atoms with Gasteiger partial charge in [0.1, 0.15) is 10.7 Å². The first-order valence-electron chi connectivity index (χ1n) is 7.68. The van der Waals surface area contributed by atoms with E-state index in [4.69, 9.17) is 0 Å². The molecular formula is C15H21N5O2S. The number of rotatable bonds is 3. The average Bonchev–Trinajstić information content (AvgIpc) is 2.76. The molecule has 1 aliphatic heterocycles. The van der Waals surface area contributed by atoms with E-state index in [0.29, 0.717) is 35.9 Å². The lowest BCUT2D eigenvalue weighted by Gasteiger charge is -2.22. The molecule has 0 unspecified atom stereocenters. The van der Waals surface area contributed by atoms with Crippen LogP contribution in [0, 0.1) is 13.8 Å². The molecule has 2 aromatic rings. The van der Waals surface area contributed by atoms with Crippen LogP contribution in [0.4, 0.5) is 5.82 Å². The van der Waals surface area contributed by atoms with Crippen LogP contribution in [0.25, 0.3) is 0 Å². The predicted molar refractivity (Wildman–Crippen MR) is 87.9 cm³/mol. The van der Waals surface area contributed by atoms with Gasteiger partial charge in [-0.3, -0.25) is 5.10 Å². The first-order chi connectivity index (χ1) is 11.0. The van der Waals surface area contributed by atoms with Crippen molar-refractivity contribution in [3.05, 3.63) is 35.8 Å². The Hall–Kier alpha value is -1.93. The van der Waals surface area contributed by atoms with E-state index in [1.54, 1.807) is 24.3 Å². The maximum absolute atomic E-state index is 12.9. The number of aromatic amines is 1. The number of anilines is 1. The smallest absolute Gasteiger partial charge is 0.246 e. The van der Waals surface area contributed by atoms with Gasteiger partial charge in [0.15, 0.2) is 0 Å². The fourth-order valence-corrected chi connectivity index (χ4v) is 4.76.